The number of carbonyl (C=O) groups is 1. The number of thiazole rings is 1. The Balaban J connectivity index is 1.69. The van der Waals surface area contributed by atoms with E-state index in [0.717, 1.165) is 21.5 Å². The summed E-state index contributed by atoms with van der Waals surface area (Å²) in [5.41, 5.74) is 3.25. The summed E-state index contributed by atoms with van der Waals surface area (Å²) in [4.78, 5) is 17.1. The van der Waals surface area contributed by atoms with Gasteiger partial charge >= 0.3 is 0 Å². The second-order valence-corrected chi connectivity index (χ2v) is 8.11. The van der Waals surface area contributed by atoms with Gasteiger partial charge in [-0.2, -0.15) is 9.78 Å². The van der Waals surface area contributed by atoms with E-state index in [1.165, 1.54) is 23.5 Å². The molecule has 2 aromatic carbocycles. The Labute approximate surface area is 168 Å². The number of nitrogens with zero attached hydrogens (tertiary/aromatic N) is 3. The van der Waals surface area contributed by atoms with E-state index < -0.39 is 5.82 Å². The van der Waals surface area contributed by atoms with E-state index in [-0.39, 0.29) is 18.2 Å². The predicted octanol–water partition coefficient (Wildman–Crippen LogP) is 5.06. The van der Waals surface area contributed by atoms with Crippen LogP contribution < -0.4 is 5.32 Å². The summed E-state index contributed by atoms with van der Waals surface area (Å²) in [5.74, 6) is -0.241. The van der Waals surface area contributed by atoms with Crippen molar-refractivity contribution in [2.45, 2.75) is 19.3 Å². The lowest BCUT2D eigenvalue weighted by Crippen LogP contribution is -2.25. The SMILES string of the molecule is Cc1nn(-c2nc3ccccc3s2)c2c1[C@@H](c1ccc(F)cc1Cl)CC(=O)N2. The van der Waals surface area contributed by atoms with Crippen molar-refractivity contribution in [3.63, 3.8) is 0 Å². The van der Waals surface area contributed by atoms with E-state index in [9.17, 15) is 9.18 Å². The number of carbonyl (C=O) groups excluding carboxylic acids is 1. The van der Waals surface area contributed by atoms with Crippen molar-refractivity contribution in [3.05, 3.63) is 70.1 Å². The van der Waals surface area contributed by atoms with Gasteiger partial charge in [0.1, 0.15) is 11.6 Å². The van der Waals surface area contributed by atoms with Crippen LogP contribution in [0.3, 0.4) is 0 Å². The van der Waals surface area contributed by atoms with Gasteiger partial charge in [0.25, 0.3) is 0 Å². The van der Waals surface area contributed by atoms with Crippen LogP contribution in [0.2, 0.25) is 5.02 Å². The second kappa shape index (κ2) is 6.39. The highest BCUT2D eigenvalue weighted by molar-refractivity contribution is 7.20. The first-order valence-electron chi connectivity index (χ1n) is 8.71. The molecule has 4 aromatic rings. The number of aromatic nitrogens is 3. The van der Waals surface area contributed by atoms with Crippen molar-refractivity contribution >= 4 is 44.9 Å². The average Bonchev–Trinajstić information content (AvgIpc) is 3.22. The lowest BCUT2D eigenvalue weighted by Gasteiger charge is -2.24. The van der Waals surface area contributed by atoms with Gasteiger partial charge in [-0.1, -0.05) is 41.1 Å². The number of halogens is 2. The molecule has 8 heteroatoms. The van der Waals surface area contributed by atoms with Crippen LogP contribution in [0, 0.1) is 12.7 Å². The number of amides is 1. The lowest BCUT2D eigenvalue weighted by atomic mass is 9.86. The molecule has 1 aliphatic rings. The van der Waals surface area contributed by atoms with E-state index >= 15 is 0 Å². The molecule has 1 N–H and O–H groups in total. The van der Waals surface area contributed by atoms with Crippen molar-refractivity contribution in [2.24, 2.45) is 0 Å². The van der Waals surface area contributed by atoms with Crippen LogP contribution in [0.1, 0.15) is 29.2 Å². The summed E-state index contributed by atoms with van der Waals surface area (Å²) >= 11 is 7.80. The van der Waals surface area contributed by atoms with Crippen molar-refractivity contribution in [1.29, 1.82) is 0 Å². The fourth-order valence-electron chi connectivity index (χ4n) is 3.69. The summed E-state index contributed by atoms with van der Waals surface area (Å²) in [5, 5.41) is 8.56. The molecule has 0 fully saturated rings. The maximum atomic E-state index is 13.5. The highest BCUT2D eigenvalue weighted by Crippen LogP contribution is 2.43. The number of aryl methyl sites for hydroxylation is 1. The van der Waals surface area contributed by atoms with Gasteiger partial charge in [0.15, 0.2) is 0 Å². The minimum absolute atomic E-state index is 0.139. The third-order valence-electron chi connectivity index (χ3n) is 4.90. The molecule has 3 heterocycles. The fourth-order valence-corrected chi connectivity index (χ4v) is 4.91. The van der Waals surface area contributed by atoms with E-state index in [0.29, 0.717) is 21.5 Å². The molecule has 140 valence electrons. The third-order valence-corrected chi connectivity index (χ3v) is 6.24. The minimum Gasteiger partial charge on any atom is -0.310 e. The average molecular weight is 413 g/mol. The van der Waals surface area contributed by atoms with E-state index in [4.69, 9.17) is 11.6 Å². The smallest absolute Gasteiger partial charge is 0.226 e. The van der Waals surface area contributed by atoms with Gasteiger partial charge in [-0.05, 0) is 36.8 Å². The topological polar surface area (TPSA) is 59.8 Å². The van der Waals surface area contributed by atoms with Crippen molar-refractivity contribution in [2.75, 3.05) is 5.32 Å². The number of benzene rings is 2. The van der Waals surface area contributed by atoms with E-state index in [1.807, 2.05) is 31.2 Å². The number of nitrogens with one attached hydrogen (secondary N) is 1. The third kappa shape index (κ3) is 2.70. The molecule has 5 nitrogen and oxygen atoms in total. The molecule has 0 aliphatic carbocycles. The van der Waals surface area contributed by atoms with Crippen molar-refractivity contribution in [3.8, 4) is 5.13 Å². The molecule has 1 aliphatic heterocycles. The predicted molar refractivity (Wildman–Crippen MR) is 108 cm³/mol. The largest absolute Gasteiger partial charge is 0.310 e. The molecular weight excluding hydrogens is 399 g/mol. The molecule has 0 saturated heterocycles. The minimum atomic E-state index is -0.406. The molecule has 0 saturated carbocycles. The summed E-state index contributed by atoms with van der Waals surface area (Å²) in [7, 11) is 0. The first-order chi connectivity index (χ1) is 13.5. The Bertz CT molecular complexity index is 1220. The molecular formula is C20H14ClFN4OS. The summed E-state index contributed by atoms with van der Waals surface area (Å²) < 4.78 is 16.2. The standard InChI is InChI=1S/C20H14ClFN4OS/c1-10-18-13(12-7-6-11(22)8-14(12)21)9-17(27)24-19(18)26(25-10)20-23-15-4-2-3-5-16(15)28-20/h2-8,13H,9H2,1H3,(H,24,27)/t13-/m1/s1. The molecule has 0 unspecified atom stereocenters. The van der Waals surface area contributed by atoms with E-state index in [2.05, 4.69) is 15.4 Å². The molecule has 0 radical (unpaired) electrons. The zero-order chi connectivity index (χ0) is 19.4. The quantitative estimate of drug-likeness (QED) is 0.500. The second-order valence-electron chi connectivity index (χ2n) is 6.69. The Morgan fingerprint density at radius 1 is 1.29 bits per heavy atom. The lowest BCUT2D eigenvalue weighted by molar-refractivity contribution is -0.116. The van der Waals surface area contributed by atoms with Crippen LogP contribution in [0.15, 0.2) is 42.5 Å². The van der Waals surface area contributed by atoms with Crippen LogP contribution in [0.25, 0.3) is 15.3 Å². The Hall–Kier alpha value is -2.77. The van der Waals surface area contributed by atoms with Crippen LogP contribution in [-0.2, 0) is 4.79 Å². The zero-order valence-corrected chi connectivity index (χ0v) is 16.3. The van der Waals surface area contributed by atoms with Crippen LogP contribution in [0.5, 0.6) is 0 Å². The highest BCUT2D eigenvalue weighted by Gasteiger charge is 2.34. The van der Waals surface area contributed by atoms with Gasteiger partial charge < -0.3 is 5.32 Å². The van der Waals surface area contributed by atoms with Gasteiger partial charge in [0.05, 0.1) is 15.9 Å². The molecule has 2 aromatic heterocycles. The van der Waals surface area contributed by atoms with Gasteiger partial charge in [-0.3, -0.25) is 4.79 Å². The Morgan fingerprint density at radius 3 is 2.89 bits per heavy atom. The molecule has 0 bridgehead atoms. The number of hydrogen-bond donors (Lipinski definition) is 1. The number of hydrogen-bond acceptors (Lipinski definition) is 4. The van der Waals surface area contributed by atoms with Gasteiger partial charge in [0, 0.05) is 22.9 Å². The molecule has 0 spiro atoms. The summed E-state index contributed by atoms with van der Waals surface area (Å²) in [6.07, 6.45) is 0.227. The number of rotatable bonds is 2. The number of fused-ring (bicyclic) bond motifs is 2. The number of anilines is 1. The van der Waals surface area contributed by atoms with Crippen molar-refractivity contribution in [1.82, 2.24) is 14.8 Å². The normalized spacial score (nSPS) is 16.2. The zero-order valence-electron chi connectivity index (χ0n) is 14.7. The molecule has 1 amide bonds. The number of para-hydroxylation sites is 1. The molecule has 1 atom stereocenters. The highest BCUT2D eigenvalue weighted by atomic mass is 35.5. The Kier molecular flexibility index (Phi) is 3.96. The van der Waals surface area contributed by atoms with Gasteiger partial charge in [-0.25, -0.2) is 9.37 Å². The summed E-state index contributed by atoms with van der Waals surface area (Å²) in [6, 6.07) is 12.1. The maximum absolute atomic E-state index is 13.5. The monoisotopic (exact) mass is 412 g/mol. The fraction of sp³-hybridized carbons (Fsp3) is 0.150. The van der Waals surface area contributed by atoms with Gasteiger partial charge in [0.2, 0.25) is 11.0 Å². The maximum Gasteiger partial charge on any atom is 0.226 e. The Morgan fingerprint density at radius 2 is 2.11 bits per heavy atom. The van der Waals surface area contributed by atoms with Crippen molar-refractivity contribution < 1.29 is 9.18 Å². The van der Waals surface area contributed by atoms with Gasteiger partial charge in [-0.15, -0.1) is 0 Å². The first kappa shape index (κ1) is 17.3. The van der Waals surface area contributed by atoms with E-state index in [1.54, 1.807) is 10.7 Å². The summed E-state index contributed by atoms with van der Waals surface area (Å²) in [6.45, 7) is 1.89. The van der Waals surface area contributed by atoms with Crippen LogP contribution in [0.4, 0.5) is 10.2 Å². The first-order valence-corrected chi connectivity index (χ1v) is 9.91. The van der Waals surface area contributed by atoms with Crippen LogP contribution >= 0.6 is 22.9 Å². The van der Waals surface area contributed by atoms with Crippen LogP contribution in [-0.4, -0.2) is 20.7 Å². The molecule has 28 heavy (non-hydrogen) atoms. The molecule has 5 rings (SSSR count).